The van der Waals surface area contributed by atoms with Crippen LogP contribution in [-0.4, -0.2) is 23.5 Å². The van der Waals surface area contributed by atoms with Gasteiger partial charge in [0.05, 0.1) is 16.3 Å². The van der Waals surface area contributed by atoms with E-state index in [1.807, 2.05) is 0 Å². The molecule has 24 heavy (non-hydrogen) atoms. The van der Waals surface area contributed by atoms with Crippen molar-refractivity contribution in [1.82, 2.24) is 5.32 Å². The quantitative estimate of drug-likeness (QED) is 0.709. The van der Waals surface area contributed by atoms with Crippen molar-refractivity contribution >= 4 is 46.4 Å². The summed E-state index contributed by atoms with van der Waals surface area (Å²) in [5.41, 5.74) is 5.95. The first kappa shape index (κ1) is 17.7. The van der Waals surface area contributed by atoms with Gasteiger partial charge in [0.1, 0.15) is 5.75 Å². The maximum atomic E-state index is 11.8. The van der Waals surface area contributed by atoms with Gasteiger partial charge in [0.25, 0.3) is 11.8 Å². The van der Waals surface area contributed by atoms with Crippen molar-refractivity contribution in [2.24, 2.45) is 5.73 Å². The number of amides is 2. The van der Waals surface area contributed by atoms with Crippen molar-refractivity contribution in [3.8, 4) is 5.75 Å². The molecule has 0 aliphatic heterocycles. The molecule has 0 aliphatic rings. The van der Waals surface area contributed by atoms with Crippen molar-refractivity contribution in [2.45, 2.75) is 0 Å². The number of benzene rings is 2. The molecule has 124 valence electrons. The minimum atomic E-state index is -0.603. The number of hydrogen-bond acceptors (Lipinski definition) is 4. The Morgan fingerprint density at radius 2 is 1.79 bits per heavy atom. The Morgan fingerprint density at radius 1 is 1.12 bits per heavy atom. The van der Waals surface area contributed by atoms with Crippen molar-refractivity contribution in [1.29, 1.82) is 0 Å². The number of para-hydroxylation sites is 2. The fourth-order valence-electron chi connectivity index (χ4n) is 1.83. The SMILES string of the molecule is NC(=O)c1ccccc1NC(=S)NC(=O)COc1ccccc1Cl. The average molecular weight is 364 g/mol. The Bertz CT molecular complexity index is 783. The third-order valence-electron chi connectivity index (χ3n) is 2.89. The number of thiocarbonyl (C=S) groups is 1. The van der Waals surface area contributed by atoms with Crippen molar-refractivity contribution in [3.63, 3.8) is 0 Å². The lowest BCUT2D eigenvalue weighted by atomic mass is 10.1. The van der Waals surface area contributed by atoms with Gasteiger partial charge in [-0.1, -0.05) is 35.9 Å². The fraction of sp³-hybridized carbons (Fsp3) is 0.0625. The van der Waals surface area contributed by atoms with Gasteiger partial charge in [0.15, 0.2) is 11.7 Å². The van der Waals surface area contributed by atoms with Gasteiger partial charge in [-0.2, -0.15) is 0 Å². The Hall–Kier alpha value is -2.64. The Balaban J connectivity index is 1.90. The molecule has 0 aliphatic carbocycles. The molecule has 0 radical (unpaired) electrons. The average Bonchev–Trinajstić information content (AvgIpc) is 2.54. The molecule has 2 aromatic carbocycles. The molecule has 2 aromatic rings. The lowest BCUT2D eigenvalue weighted by molar-refractivity contribution is -0.121. The highest BCUT2D eigenvalue weighted by Crippen LogP contribution is 2.22. The molecule has 0 unspecified atom stereocenters. The Morgan fingerprint density at radius 3 is 2.50 bits per heavy atom. The molecular weight excluding hydrogens is 350 g/mol. The first-order chi connectivity index (χ1) is 11.5. The Labute approximate surface area is 148 Å². The molecular formula is C16H14ClN3O3S. The maximum absolute atomic E-state index is 11.8. The van der Waals surface area contributed by atoms with E-state index in [1.165, 1.54) is 0 Å². The third kappa shape index (κ3) is 4.94. The fourth-order valence-corrected chi connectivity index (χ4v) is 2.24. The number of carbonyl (C=O) groups excluding carboxylic acids is 2. The van der Waals surface area contributed by atoms with Gasteiger partial charge < -0.3 is 15.8 Å². The molecule has 2 rings (SSSR count). The van der Waals surface area contributed by atoms with E-state index in [9.17, 15) is 9.59 Å². The minimum absolute atomic E-state index is 0.0245. The van der Waals surface area contributed by atoms with Crippen LogP contribution in [0.3, 0.4) is 0 Å². The smallest absolute Gasteiger partial charge is 0.264 e. The lowest BCUT2D eigenvalue weighted by Gasteiger charge is -2.12. The molecule has 0 spiro atoms. The van der Waals surface area contributed by atoms with E-state index in [-0.39, 0.29) is 17.3 Å². The lowest BCUT2D eigenvalue weighted by Crippen LogP contribution is -2.37. The first-order valence-corrected chi connectivity index (χ1v) is 7.63. The number of primary amides is 1. The second-order valence-corrected chi connectivity index (χ2v) is 5.45. The van der Waals surface area contributed by atoms with Crippen LogP contribution < -0.4 is 21.1 Å². The van der Waals surface area contributed by atoms with Gasteiger partial charge in [0.2, 0.25) is 0 Å². The summed E-state index contributed by atoms with van der Waals surface area (Å²) in [6.07, 6.45) is 0. The summed E-state index contributed by atoms with van der Waals surface area (Å²) < 4.78 is 5.31. The van der Waals surface area contributed by atoms with Crippen LogP contribution in [0.5, 0.6) is 5.75 Å². The number of anilines is 1. The summed E-state index contributed by atoms with van der Waals surface area (Å²) in [5.74, 6) is -0.675. The van der Waals surface area contributed by atoms with E-state index >= 15 is 0 Å². The van der Waals surface area contributed by atoms with Crippen molar-refractivity contribution in [2.75, 3.05) is 11.9 Å². The second-order valence-electron chi connectivity index (χ2n) is 4.63. The maximum Gasteiger partial charge on any atom is 0.264 e. The molecule has 0 fully saturated rings. The van der Waals surface area contributed by atoms with E-state index in [0.29, 0.717) is 16.5 Å². The van der Waals surface area contributed by atoms with E-state index in [4.69, 9.17) is 34.3 Å². The van der Waals surface area contributed by atoms with Gasteiger partial charge in [-0.15, -0.1) is 0 Å². The zero-order chi connectivity index (χ0) is 17.5. The summed E-state index contributed by atoms with van der Waals surface area (Å²) >= 11 is 11.0. The Kier molecular flexibility index (Phi) is 6.11. The number of nitrogens with one attached hydrogen (secondary N) is 2. The largest absolute Gasteiger partial charge is 0.482 e. The zero-order valence-corrected chi connectivity index (χ0v) is 14.0. The number of rotatable bonds is 5. The number of nitrogens with two attached hydrogens (primary N) is 1. The number of halogens is 1. The molecule has 8 heteroatoms. The molecule has 0 saturated carbocycles. The van der Waals surface area contributed by atoms with Crippen LogP contribution in [0.4, 0.5) is 5.69 Å². The van der Waals surface area contributed by atoms with E-state index in [2.05, 4.69) is 10.6 Å². The predicted octanol–water partition coefficient (Wildman–Crippen LogP) is 2.33. The van der Waals surface area contributed by atoms with Crippen molar-refractivity contribution < 1.29 is 14.3 Å². The summed E-state index contributed by atoms with van der Waals surface area (Å²) in [7, 11) is 0. The predicted molar refractivity (Wildman–Crippen MR) is 96.3 cm³/mol. The molecule has 0 aromatic heterocycles. The van der Waals surface area contributed by atoms with E-state index in [0.717, 1.165) is 0 Å². The molecule has 0 atom stereocenters. The topological polar surface area (TPSA) is 93.5 Å². The van der Waals surface area contributed by atoms with Crippen molar-refractivity contribution in [3.05, 3.63) is 59.1 Å². The van der Waals surface area contributed by atoms with E-state index < -0.39 is 11.8 Å². The standard InChI is InChI=1S/C16H14ClN3O3S/c17-11-6-2-4-8-13(11)23-9-14(21)20-16(24)19-12-7-3-1-5-10(12)15(18)22/h1-8H,9H2,(H2,18,22)(H2,19,20,21,24). The van der Waals surface area contributed by atoms with Crippen LogP contribution in [0.2, 0.25) is 5.02 Å². The monoisotopic (exact) mass is 363 g/mol. The summed E-state index contributed by atoms with van der Waals surface area (Å²) in [6, 6.07) is 13.4. The molecule has 0 bridgehead atoms. The van der Waals surface area contributed by atoms with Gasteiger partial charge >= 0.3 is 0 Å². The highest BCUT2D eigenvalue weighted by molar-refractivity contribution is 7.80. The van der Waals surface area contributed by atoms with Gasteiger partial charge in [-0.05, 0) is 36.5 Å². The van der Waals surface area contributed by atoms with Gasteiger partial charge in [-0.25, -0.2) is 0 Å². The van der Waals surface area contributed by atoms with Gasteiger partial charge in [-0.3, -0.25) is 14.9 Å². The highest BCUT2D eigenvalue weighted by Gasteiger charge is 2.11. The molecule has 0 heterocycles. The van der Waals surface area contributed by atoms with Crippen LogP contribution in [0, 0.1) is 0 Å². The molecule has 0 saturated heterocycles. The van der Waals surface area contributed by atoms with Crippen LogP contribution in [0.1, 0.15) is 10.4 Å². The number of ether oxygens (including phenoxy) is 1. The van der Waals surface area contributed by atoms with Crippen LogP contribution >= 0.6 is 23.8 Å². The first-order valence-electron chi connectivity index (χ1n) is 6.84. The summed E-state index contributed by atoms with van der Waals surface area (Å²) in [6.45, 7) is -0.261. The molecule has 2 amide bonds. The summed E-state index contributed by atoms with van der Waals surface area (Å²) in [5, 5.41) is 5.62. The molecule has 6 nitrogen and oxygen atoms in total. The highest BCUT2D eigenvalue weighted by atomic mass is 35.5. The third-order valence-corrected chi connectivity index (χ3v) is 3.41. The normalized spacial score (nSPS) is 9.88. The van der Waals surface area contributed by atoms with Gasteiger partial charge in [0, 0.05) is 0 Å². The minimum Gasteiger partial charge on any atom is -0.482 e. The second kappa shape index (κ2) is 8.28. The zero-order valence-electron chi connectivity index (χ0n) is 12.4. The summed E-state index contributed by atoms with van der Waals surface area (Å²) in [4.78, 5) is 23.2. The number of carbonyl (C=O) groups is 2. The van der Waals surface area contributed by atoms with Crippen LogP contribution in [-0.2, 0) is 4.79 Å². The van der Waals surface area contributed by atoms with Crippen LogP contribution in [0.25, 0.3) is 0 Å². The molecule has 4 N–H and O–H groups in total. The number of hydrogen-bond donors (Lipinski definition) is 3. The van der Waals surface area contributed by atoms with Crippen LogP contribution in [0.15, 0.2) is 48.5 Å². The van der Waals surface area contributed by atoms with E-state index in [1.54, 1.807) is 48.5 Å².